The molecular formula is C14H19N3O. The van der Waals surface area contributed by atoms with Crippen molar-refractivity contribution in [3.8, 4) is 0 Å². The zero-order valence-corrected chi connectivity index (χ0v) is 10.8. The van der Waals surface area contributed by atoms with Crippen molar-refractivity contribution < 1.29 is 4.42 Å². The molecule has 4 heteroatoms. The molecule has 0 fully saturated rings. The Morgan fingerprint density at radius 1 is 1.44 bits per heavy atom. The first-order valence-corrected chi connectivity index (χ1v) is 6.19. The van der Waals surface area contributed by atoms with Gasteiger partial charge in [-0.3, -0.25) is 0 Å². The smallest absolute Gasteiger partial charge is 0.129 e. The van der Waals surface area contributed by atoms with Crippen molar-refractivity contribution >= 4 is 5.82 Å². The SMILES string of the molecule is CCN(Cc1ccco1)c1cc([C@@H](C)N)ccn1. The van der Waals surface area contributed by atoms with Gasteiger partial charge in [-0.1, -0.05) is 0 Å². The van der Waals surface area contributed by atoms with Crippen LogP contribution in [-0.2, 0) is 6.54 Å². The van der Waals surface area contributed by atoms with Gasteiger partial charge in [-0.2, -0.15) is 0 Å². The number of aromatic nitrogens is 1. The number of anilines is 1. The van der Waals surface area contributed by atoms with Gasteiger partial charge in [0.15, 0.2) is 0 Å². The van der Waals surface area contributed by atoms with E-state index in [4.69, 9.17) is 10.2 Å². The normalized spacial score (nSPS) is 12.4. The molecule has 2 heterocycles. The molecule has 0 aliphatic rings. The van der Waals surface area contributed by atoms with Crippen molar-refractivity contribution in [1.29, 1.82) is 0 Å². The Labute approximate surface area is 107 Å². The minimum atomic E-state index is 0.0223. The molecule has 0 radical (unpaired) electrons. The molecule has 2 aromatic heterocycles. The highest BCUT2D eigenvalue weighted by Crippen LogP contribution is 2.18. The Morgan fingerprint density at radius 3 is 2.89 bits per heavy atom. The highest BCUT2D eigenvalue weighted by Gasteiger charge is 2.10. The molecule has 1 atom stereocenters. The quantitative estimate of drug-likeness (QED) is 0.880. The molecule has 2 rings (SSSR count). The number of pyridine rings is 1. The highest BCUT2D eigenvalue weighted by molar-refractivity contribution is 5.41. The van der Waals surface area contributed by atoms with E-state index in [2.05, 4.69) is 16.8 Å². The first kappa shape index (κ1) is 12.6. The average Bonchev–Trinajstić information content (AvgIpc) is 2.89. The average molecular weight is 245 g/mol. The van der Waals surface area contributed by atoms with Crippen LogP contribution in [0.15, 0.2) is 41.1 Å². The van der Waals surface area contributed by atoms with Gasteiger partial charge in [0.05, 0.1) is 12.8 Å². The van der Waals surface area contributed by atoms with Crippen LogP contribution in [0, 0.1) is 0 Å². The summed E-state index contributed by atoms with van der Waals surface area (Å²) in [6.07, 6.45) is 3.49. The second-order valence-corrected chi connectivity index (χ2v) is 4.33. The zero-order chi connectivity index (χ0) is 13.0. The summed E-state index contributed by atoms with van der Waals surface area (Å²) in [6, 6.07) is 7.88. The van der Waals surface area contributed by atoms with Crippen LogP contribution >= 0.6 is 0 Å². The van der Waals surface area contributed by atoms with E-state index in [1.165, 1.54) is 0 Å². The summed E-state index contributed by atoms with van der Waals surface area (Å²) in [5.74, 6) is 1.87. The number of hydrogen-bond donors (Lipinski definition) is 1. The van der Waals surface area contributed by atoms with Crippen molar-refractivity contribution in [2.75, 3.05) is 11.4 Å². The molecule has 0 saturated heterocycles. The minimum absolute atomic E-state index is 0.0223. The lowest BCUT2D eigenvalue weighted by Gasteiger charge is -2.21. The van der Waals surface area contributed by atoms with E-state index in [-0.39, 0.29) is 6.04 Å². The Kier molecular flexibility index (Phi) is 3.99. The van der Waals surface area contributed by atoms with Crippen LogP contribution in [0.2, 0.25) is 0 Å². The lowest BCUT2D eigenvalue weighted by molar-refractivity contribution is 0.503. The lowest BCUT2D eigenvalue weighted by Crippen LogP contribution is -2.23. The van der Waals surface area contributed by atoms with Crippen LogP contribution in [0.25, 0.3) is 0 Å². The summed E-state index contributed by atoms with van der Waals surface area (Å²) in [6.45, 7) is 5.67. The standard InChI is InChI=1S/C14H19N3O/c1-3-17(10-13-5-4-8-18-13)14-9-12(11(2)15)6-7-16-14/h4-9,11H,3,10,15H2,1-2H3/t11-/m1/s1. The van der Waals surface area contributed by atoms with Gasteiger partial charge in [0.1, 0.15) is 11.6 Å². The first-order valence-electron chi connectivity index (χ1n) is 6.19. The van der Waals surface area contributed by atoms with Gasteiger partial charge < -0.3 is 15.1 Å². The Hall–Kier alpha value is -1.81. The van der Waals surface area contributed by atoms with Crippen LogP contribution in [0.3, 0.4) is 0 Å². The number of hydrogen-bond acceptors (Lipinski definition) is 4. The summed E-state index contributed by atoms with van der Waals surface area (Å²) in [7, 11) is 0. The monoisotopic (exact) mass is 245 g/mol. The van der Waals surface area contributed by atoms with Crippen LogP contribution < -0.4 is 10.6 Å². The maximum absolute atomic E-state index is 5.90. The van der Waals surface area contributed by atoms with Crippen LogP contribution in [0.4, 0.5) is 5.82 Å². The lowest BCUT2D eigenvalue weighted by atomic mass is 10.1. The highest BCUT2D eigenvalue weighted by atomic mass is 16.3. The van der Waals surface area contributed by atoms with Crippen LogP contribution in [-0.4, -0.2) is 11.5 Å². The molecule has 4 nitrogen and oxygen atoms in total. The molecular weight excluding hydrogens is 226 g/mol. The van der Waals surface area contributed by atoms with Crippen molar-refractivity contribution in [3.63, 3.8) is 0 Å². The maximum Gasteiger partial charge on any atom is 0.129 e. The molecule has 0 bridgehead atoms. The third-order valence-corrected chi connectivity index (χ3v) is 2.93. The number of nitrogens with two attached hydrogens (primary N) is 1. The third-order valence-electron chi connectivity index (χ3n) is 2.93. The molecule has 0 unspecified atom stereocenters. The second kappa shape index (κ2) is 5.69. The van der Waals surface area contributed by atoms with Gasteiger partial charge in [-0.25, -0.2) is 4.98 Å². The molecule has 18 heavy (non-hydrogen) atoms. The van der Waals surface area contributed by atoms with Crippen molar-refractivity contribution in [3.05, 3.63) is 48.0 Å². The predicted octanol–water partition coefficient (Wildman–Crippen LogP) is 2.72. The van der Waals surface area contributed by atoms with Gasteiger partial charge in [-0.15, -0.1) is 0 Å². The summed E-state index contributed by atoms with van der Waals surface area (Å²) < 4.78 is 5.37. The zero-order valence-electron chi connectivity index (χ0n) is 10.8. The van der Waals surface area contributed by atoms with E-state index in [1.54, 1.807) is 12.5 Å². The fourth-order valence-electron chi connectivity index (χ4n) is 1.84. The van der Waals surface area contributed by atoms with Crippen LogP contribution in [0.5, 0.6) is 0 Å². The van der Waals surface area contributed by atoms with E-state index >= 15 is 0 Å². The van der Waals surface area contributed by atoms with Gasteiger partial charge in [0, 0.05) is 18.8 Å². The van der Waals surface area contributed by atoms with Crippen molar-refractivity contribution in [2.45, 2.75) is 26.4 Å². The number of nitrogens with zero attached hydrogens (tertiary/aromatic N) is 2. The van der Waals surface area contributed by atoms with E-state index in [0.717, 1.165) is 30.2 Å². The summed E-state index contributed by atoms with van der Waals surface area (Å²) >= 11 is 0. The largest absolute Gasteiger partial charge is 0.467 e. The van der Waals surface area contributed by atoms with Gasteiger partial charge in [0.25, 0.3) is 0 Å². The Balaban J connectivity index is 2.19. The molecule has 0 aliphatic carbocycles. The van der Waals surface area contributed by atoms with Gasteiger partial charge in [0.2, 0.25) is 0 Å². The molecule has 96 valence electrons. The maximum atomic E-state index is 5.90. The van der Waals surface area contributed by atoms with Gasteiger partial charge in [-0.05, 0) is 43.7 Å². The van der Waals surface area contributed by atoms with E-state index in [0.29, 0.717) is 0 Å². The molecule has 0 amide bonds. The van der Waals surface area contributed by atoms with Crippen LogP contribution in [0.1, 0.15) is 31.2 Å². The Morgan fingerprint density at radius 2 is 2.28 bits per heavy atom. The number of furan rings is 1. The van der Waals surface area contributed by atoms with E-state index < -0.39 is 0 Å². The van der Waals surface area contributed by atoms with Crippen molar-refractivity contribution in [1.82, 2.24) is 4.98 Å². The topological polar surface area (TPSA) is 55.3 Å². The first-order chi connectivity index (χ1) is 8.70. The summed E-state index contributed by atoms with van der Waals surface area (Å²) in [5.41, 5.74) is 6.99. The fraction of sp³-hybridized carbons (Fsp3) is 0.357. The fourth-order valence-corrected chi connectivity index (χ4v) is 1.84. The molecule has 0 spiro atoms. The third kappa shape index (κ3) is 2.90. The number of rotatable bonds is 5. The minimum Gasteiger partial charge on any atom is -0.467 e. The summed E-state index contributed by atoms with van der Waals surface area (Å²) in [4.78, 5) is 6.56. The molecule has 0 aliphatic heterocycles. The second-order valence-electron chi connectivity index (χ2n) is 4.33. The predicted molar refractivity (Wildman–Crippen MR) is 72.3 cm³/mol. The Bertz CT molecular complexity index is 480. The molecule has 0 aromatic carbocycles. The van der Waals surface area contributed by atoms with E-state index in [1.807, 2.05) is 31.2 Å². The molecule has 2 N–H and O–H groups in total. The molecule has 0 saturated carbocycles. The van der Waals surface area contributed by atoms with Gasteiger partial charge >= 0.3 is 0 Å². The summed E-state index contributed by atoms with van der Waals surface area (Å²) in [5, 5.41) is 0. The van der Waals surface area contributed by atoms with Crippen molar-refractivity contribution in [2.24, 2.45) is 5.73 Å². The van der Waals surface area contributed by atoms with E-state index in [9.17, 15) is 0 Å². The molecule has 2 aromatic rings.